The molecule has 1 heterocycles. The summed E-state index contributed by atoms with van der Waals surface area (Å²) in [5.74, 6) is 0. The fraction of sp³-hybridized carbons (Fsp3) is 1.00. The lowest BCUT2D eigenvalue weighted by atomic mass is 10.1. The lowest BCUT2D eigenvalue weighted by Gasteiger charge is -2.22. The van der Waals surface area contributed by atoms with E-state index in [4.69, 9.17) is 14.2 Å². The number of halogens is 1. The van der Waals surface area contributed by atoms with Crippen LogP contribution in [-0.4, -0.2) is 52.7 Å². The Kier molecular flexibility index (Phi) is 10.7. The Morgan fingerprint density at radius 1 is 1.07 bits per heavy atom. The van der Waals surface area contributed by atoms with E-state index >= 15 is 0 Å². The predicted molar refractivity (Wildman–Crippen MR) is 61.8 cm³/mol. The van der Waals surface area contributed by atoms with Crippen molar-refractivity contribution in [1.82, 2.24) is 5.32 Å². The SMILES string of the molecule is COCCOCCOC1CCNCC1.Cl. The van der Waals surface area contributed by atoms with Crippen LogP contribution in [0.2, 0.25) is 0 Å². The van der Waals surface area contributed by atoms with Gasteiger partial charge in [-0.15, -0.1) is 12.4 Å². The fourth-order valence-corrected chi connectivity index (χ4v) is 1.48. The van der Waals surface area contributed by atoms with Crippen LogP contribution in [0.25, 0.3) is 0 Å². The summed E-state index contributed by atoms with van der Waals surface area (Å²) in [6.45, 7) is 4.85. The van der Waals surface area contributed by atoms with Crippen LogP contribution >= 0.6 is 12.4 Å². The number of piperidine rings is 1. The zero-order valence-corrected chi connectivity index (χ0v) is 10.2. The Bertz CT molecular complexity index is 132. The van der Waals surface area contributed by atoms with Crippen molar-refractivity contribution >= 4 is 12.4 Å². The van der Waals surface area contributed by atoms with Gasteiger partial charge in [-0.25, -0.2) is 0 Å². The van der Waals surface area contributed by atoms with Crippen LogP contribution in [0.5, 0.6) is 0 Å². The maximum Gasteiger partial charge on any atom is 0.0704 e. The van der Waals surface area contributed by atoms with Crippen LogP contribution in [0.15, 0.2) is 0 Å². The highest BCUT2D eigenvalue weighted by Gasteiger charge is 2.12. The number of nitrogens with one attached hydrogen (secondary N) is 1. The molecule has 15 heavy (non-hydrogen) atoms. The van der Waals surface area contributed by atoms with Crippen LogP contribution in [-0.2, 0) is 14.2 Å². The van der Waals surface area contributed by atoms with E-state index < -0.39 is 0 Å². The number of hydrogen-bond acceptors (Lipinski definition) is 4. The summed E-state index contributed by atoms with van der Waals surface area (Å²) >= 11 is 0. The van der Waals surface area contributed by atoms with Crippen molar-refractivity contribution in [3.8, 4) is 0 Å². The van der Waals surface area contributed by atoms with E-state index in [0.29, 0.717) is 32.5 Å². The Morgan fingerprint density at radius 2 is 1.73 bits per heavy atom. The number of ether oxygens (including phenoxy) is 3. The average molecular weight is 240 g/mol. The van der Waals surface area contributed by atoms with Gasteiger partial charge in [-0.2, -0.15) is 0 Å². The Morgan fingerprint density at radius 3 is 2.40 bits per heavy atom. The molecule has 1 saturated heterocycles. The molecule has 0 spiro atoms. The zero-order valence-electron chi connectivity index (χ0n) is 9.37. The van der Waals surface area contributed by atoms with E-state index in [-0.39, 0.29) is 12.4 Å². The molecule has 1 fully saturated rings. The third kappa shape index (κ3) is 7.99. The lowest BCUT2D eigenvalue weighted by Crippen LogP contribution is -2.33. The lowest BCUT2D eigenvalue weighted by molar-refractivity contribution is -0.0158. The van der Waals surface area contributed by atoms with E-state index in [1.165, 1.54) is 0 Å². The van der Waals surface area contributed by atoms with Gasteiger partial charge in [0.05, 0.1) is 32.5 Å². The molecule has 0 amide bonds. The third-order valence-electron chi connectivity index (χ3n) is 2.30. The normalized spacial score (nSPS) is 17.4. The summed E-state index contributed by atoms with van der Waals surface area (Å²) in [7, 11) is 1.68. The fourth-order valence-electron chi connectivity index (χ4n) is 1.48. The molecule has 4 nitrogen and oxygen atoms in total. The second-order valence-corrected chi connectivity index (χ2v) is 3.43. The maximum atomic E-state index is 5.66. The van der Waals surface area contributed by atoms with Crippen molar-refractivity contribution in [3.63, 3.8) is 0 Å². The smallest absolute Gasteiger partial charge is 0.0704 e. The molecular weight excluding hydrogens is 218 g/mol. The molecule has 1 aliphatic rings. The van der Waals surface area contributed by atoms with Gasteiger partial charge >= 0.3 is 0 Å². The molecule has 0 atom stereocenters. The molecule has 0 bridgehead atoms. The first kappa shape index (κ1) is 15.1. The van der Waals surface area contributed by atoms with Gasteiger partial charge in [-0.3, -0.25) is 0 Å². The second kappa shape index (κ2) is 10.6. The highest BCUT2D eigenvalue weighted by Crippen LogP contribution is 2.06. The van der Waals surface area contributed by atoms with E-state index in [0.717, 1.165) is 25.9 Å². The minimum atomic E-state index is 0. The number of rotatable bonds is 7. The van der Waals surface area contributed by atoms with E-state index in [2.05, 4.69) is 5.32 Å². The van der Waals surface area contributed by atoms with Crippen molar-refractivity contribution in [3.05, 3.63) is 0 Å². The Hall–Kier alpha value is 0.130. The van der Waals surface area contributed by atoms with Gasteiger partial charge in [0.15, 0.2) is 0 Å². The largest absolute Gasteiger partial charge is 0.382 e. The summed E-state index contributed by atoms with van der Waals surface area (Å²) in [4.78, 5) is 0. The molecule has 92 valence electrons. The second-order valence-electron chi connectivity index (χ2n) is 3.43. The van der Waals surface area contributed by atoms with Gasteiger partial charge in [0.1, 0.15) is 0 Å². The summed E-state index contributed by atoms with van der Waals surface area (Å²) in [5, 5.41) is 3.31. The number of hydrogen-bond donors (Lipinski definition) is 1. The molecule has 1 N–H and O–H groups in total. The summed E-state index contributed by atoms with van der Waals surface area (Å²) < 4.78 is 15.8. The van der Waals surface area contributed by atoms with Crippen LogP contribution in [0, 0.1) is 0 Å². The Labute approximate surface area is 98.1 Å². The van der Waals surface area contributed by atoms with Crippen LogP contribution in [0.3, 0.4) is 0 Å². The van der Waals surface area contributed by atoms with E-state index in [1.807, 2.05) is 0 Å². The van der Waals surface area contributed by atoms with Crippen LogP contribution in [0.4, 0.5) is 0 Å². The van der Waals surface area contributed by atoms with Crippen molar-refractivity contribution in [2.45, 2.75) is 18.9 Å². The summed E-state index contributed by atoms with van der Waals surface area (Å²) in [6, 6.07) is 0. The first-order valence-corrected chi connectivity index (χ1v) is 5.32. The van der Waals surface area contributed by atoms with Gasteiger partial charge in [0, 0.05) is 7.11 Å². The first-order valence-electron chi connectivity index (χ1n) is 5.32. The zero-order chi connectivity index (χ0) is 10.1. The van der Waals surface area contributed by atoms with E-state index in [1.54, 1.807) is 7.11 Å². The molecule has 0 radical (unpaired) electrons. The molecule has 5 heteroatoms. The molecule has 0 aliphatic carbocycles. The van der Waals surface area contributed by atoms with Gasteiger partial charge < -0.3 is 19.5 Å². The predicted octanol–water partition coefficient (Wildman–Crippen LogP) is 0.840. The molecule has 1 rings (SSSR count). The molecule has 0 unspecified atom stereocenters. The highest BCUT2D eigenvalue weighted by molar-refractivity contribution is 5.85. The van der Waals surface area contributed by atoms with Gasteiger partial charge in [0.25, 0.3) is 0 Å². The van der Waals surface area contributed by atoms with Crippen LogP contribution < -0.4 is 5.32 Å². The van der Waals surface area contributed by atoms with Crippen molar-refractivity contribution in [1.29, 1.82) is 0 Å². The molecule has 0 aromatic rings. The van der Waals surface area contributed by atoms with E-state index in [9.17, 15) is 0 Å². The quantitative estimate of drug-likeness (QED) is 0.669. The molecular formula is C10H22ClNO3. The van der Waals surface area contributed by atoms with Gasteiger partial charge in [-0.1, -0.05) is 0 Å². The summed E-state index contributed by atoms with van der Waals surface area (Å²) in [6.07, 6.45) is 2.68. The average Bonchev–Trinajstić information content (AvgIpc) is 2.25. The third-order valence-corrected chi connectivity index (χ3v) is 2.30. The van der Waals surface area contributed by atoms with Gasteiger partial charge in [0.2, 0.25) is 0 Å². The molecule has 0 saturated carbocycles. The standard InChI is InChI=1S/C10H21NO3.ClH/c1-12-6-7-13-8-9-14-10-2-4-11-5-3-10;/h10-11H,2-9H2,1H3;1H. The minimum absolute atomic E-state index is 0. The molecule has 0 aromatic carbocycles. The van der Waals surface area contributed by atoms with Gasteiger partial charge in [-0.05, 0) is 25.9 Å². The first-order chi connectivity index (χ1) is 6.93. The summed E-state index contributed by atoms with van der Waals surface area (Å²) in [5.41, 5.74) is 0. The Balaban J connectivity index is 0.00000196. The topological polar surface area (TPSA) is 39.7 Å². The van der Waals surface area contributed by atoms with Crippen molar-refractivity contribution in [2.75, 3.05) is 46.6 Å². The number of methoxy groups -OCH3 is 1. The maximum absolute atomic E-state index is 5.66. The van der Waals surface area contributed by atoms with Crippen molar-refractivity contribution < 1.29 is 14.2 Å². The molecule has 0 aromatic heterocycles. The highest BCUT2D eigenvalue weighted by atomic mass is 35.5. The van der Waals surface area contributed by atoms with Crippen LogP contribution in [0.1, 0.15) is 12.8 Å². The molecule has 1 aliphatic heterocycles. The van der Waals surface area contributed by atoms with Crippen molar-refractivity contribution in [2.24, 2.45) is 0 Å². The monoisotopic (exact) mass is 239 g/mol. The minimum Gasteiger partial charge on any atom is -0.382 e.